The minimum atomic E-state index is 0. The number of hydrogen-bond donors (Lipinski definition) is 0. The molecule has 0 nitrogen and oxygen atoms in total. The highest BCUT2D eigenvalue weighted by atomic mass is 14.0. The average molecular weight is 387 g/mol. The van der Waals surface area contributed by atoms with E-state index in [-0.39, 0.29) is 14.9 Å². The maximum atomic E-state index is 2.28. The third-order valence-corrected chi connectivity index (χ3v) is 5.36. The van der Waals surface area contributed by atoms with E-state index in [1.54, 1.807) is 0 Å². The molecule has 2 atom stereocenters. The first-order valence-electron chi connectivity index (χ1n) is 10.6. The van der Waals surface area contributed by atoms with Crippen molar-refractivity contribution in [1.82, 2.24) is 0 Å². The van der Waals surface area contributed by atoms with Crippen LogP contribution < -0.4 is 0 Å². The molecule has 2 aromatic rings. The standard InChI is InChI=1S/2C10H14.C6H14.2CH4/c2*1-3-9(2)10-7-5-4-6-8-10;1-4-6(3)5-2;;/h2*4-9H,3H2,1-2H3;6H,4-5H2,1-3H3;2*1H4. The molecule has 0 aromatic heterocycles. The summed E-state index contributed by atoms with van der Waals surface area (Å²) in [5.41, 5.74) is 2.90. The average Bonchev–Trinajstić information content (AvgIpc) is 2.74. The molecule has 0 N–H and O–H groups in total. The topological polar surface area (TPSA) is 0 Å². The van der Waals surface area contributed by atoms with E-state index in [0.717, 1.165) is 5.92 Å². The van der Waals surface area contributed by atoms with Gasteiger partial charge in [0.15, 0.2) is 0 Å². The lowest BCUT2D eigenvalue weighted by Crippen LogP contribution is -1.88. The van der Waals surface area contributed by atoms with E-state index in [9.17, 15) is 0 Å². The maximum Gasteiger partial charge on any atom is -0.0193 e. The summed E-state index contributed by atoms with van der Waals surface area (Å²) in [5.74, 6) is 2.35. The van der Waals surface area contributed by atoms with Crippen LogP contribution in [0.2, 0.25) is 0 Å². The van der Waals surface area contributed by atoms with E-state index in [4.69, 9.17) is 0 Å². The van der Waals surface area contributed by atoms with Gasteiger partial charge in [-0.15, -0.1) is 0 Å². The highest BCUT2D eigenvalue weighted by Gasteiger charge is 1.99. The molecule has 0 saturated carbocycles. The summed E-state index contributed by atoms with van der Waals surface area (Å²) in [7, 11) is 0. The van der Waals surface area contributed by atoms with Crippen LogP contribution in [0, 0.1) is 5.92 Å². The van der Waals surface area contributed by atoms with E-state index in [1.165, 1.54) is 36.8 Å². The Morgan fingerprint density at radius 1 is 0.500 bits per heavy atom. The largest absolute Gasteiger partial charge is 0.0776 e. The van der Waals surface area contributed by atoms with Crippen molar-refractivity contribution in [1.29, 1.82) is 0 Å². The lowest BCUT2D eigenvalue weighted by molar-refractivity contribution is 0.544. The fourth-order valence-electron chi connectivity index (χ4n) is 2.32. The van der Waals surface area contributed by atoms with E-state index in [1.807, 2.05) is 0 Å². The lowest BCUT2D eigenvalue weighted by Gasteiger charge is -2.06. The number of hydrogen-bond acceptors (Lipinski definition) is 0. The summed E-state index contributed by atoms with van der Waals surface area (Å²) in [4.78, 5) is 0. The van der Waals surface area contributed by atoms with Gasteiger partial charge in [0, 0.05) is 0 Å². The van der Waals surface area contributed by atoms with Crippen LogP contribution in [-0.4, -0.2) is 0 Å². The molecule has 0 heteroatoms. The fourth-order valence-corrected chi connectivity index (χ4v) is 2.32. The van der Waals surface area contributed by atoms with E-state index < -0.39 is 0 Å². The van der Waals surface area contributed by atoms with Crippen LogP contribution in [0.5, 0.6) is 0 Å². The molecule has 2 rings (SSSR count). The number of rotatable bonds is 6. The molecule has 2 aromatic carbocycles. The normalized spacial score (nSPS) is 11.4. The van der Waals surface area contributed by atoms with E-state index in [2.05, 4.69) is 109 Å². The molecule has 0 saturated heterocycles. The second-order valence-electron chi connectivity index (χ2n) is 7.36. The Labute approximate surface area is 178 Å². The van der Waals surface area contributed by atoms with Gasteiger partial charge >= 0.3 is 0 Å². The molecule has 0 radical (unpaired) electrons. The third-order valence-electron chi connectivity index (χ3n) is 5.36. The van der Waals surface area contributed by atoms with Crippen molar-refractivity contribution in [2.75, 3.05) is 0 Å². The first kappa shape index (κ1) is 31.1. The van der Waals surface area contributed by atoms with Crippen molar-refractivity contribution < 1.29 is 0 Å². The highest BCUT2D eigenvalue weighted by Crippen LogP contribution is 2.17. The molecule has 0 fully saturated rings. The molecule has 0 amide bonds. The van der Waals surface area contributed by atoms with Crippen LogP contribution in [0.25, 0.3) is 0 Å². The molecule has 0 heterocycles. The molecule has 162 valence electrons. The van der Waals surface area contributed by atoms with Crippen LogP contribution in [0.1, 0.15) is 112 Å². The van der Waals surface area contributed by atoms with E-state index in [0.29, 0.717) is 11.8 Å². The molecule has 0 bridgehead atoms. The minimum Gasteiger partial charge on any atom is -0.0776 e. The van der Waals surface area contributed by atoms with Crippen molar-refractivity contribution in [2.24, 2.45) is 5.92 Å². The monoisotopic (exact) mass is 386 g/mol. The summed E-state index contributed by atoms with van der Waals surface area (Å²) < 4.78 is 0. The summed E-state index contributed by atoms with van der Waals surface area (Å²) in [6.45, 7) is 15.7. The Morgan fingerprint density at radius 2 is 0.786 bits per heavy atom. The molecule has 0 spiro atoms. The summed E-state index contributed by atoms with van der Waals surface area (Å²) in [5, 5.41) is 0. The Balaban J connectivity index is -0.000000335. The molecule has 2 unspecified atom stereocenters. The zero-order valence-electron chi connectivity index (χ0n) is 18.3. The van der Waals surface area contributed by atoms with Gasteiger partial charge < -0.3 is 0 Å². The molecular weight excluding hydrogens is 336 g/mol. The predicted molar refractivity (Wildman–Crippen MR) is 134 cm³/mol. The van der Waals surface area contributed by atoms with Gasteiger partial charge in [0.25, 0.3) is 0 Å². The second-order valence-corrected chi connectivity index (χ2v) is 7.36. The molecule has 28 heavy (non-hydrogen) atoms. The van der Waals surface area contributed by atoms with Gasteiger partial charge in [-0.2, -0.15) is 0 Å². The van der Waals surface area contributed by atoms with Gasteiger partial charge in [-0.1, -0.05) is 137 Å². The van der Waals surface area contributed by atoms with Crippen LogP contribution in [-0.2, 0) is 0 Å². The van der Waals surface area contributed by atoms with Crippen molar-refractivity contribution >= 4 is 0 Å². The SMILES string of the molecule is C.C.CCC(C)CC.CCC(C)c1ccccc1.CCC(C)c1ccccc1. The zero-order valence-corrected chi connectivity index (χ0v) is 18.3. The number of benzene rings is 2. The second kappa shape index (κ2) is 20.2. The molecule has 0 aliphatic carbocycles. The predicted octanol–water partition coefficient (Wildman–Crippen LogP) is 10.1. The maximum absolute atomic E-state index is 2.28. The Morgan fingerprint density at radius 3 is 0.964 bits per heavy atom. The smallest absolute Gasteiger partial charge is 0.0193 e. The van der Waals surface area contributed by atoms with Crippen LogP contribution in [0.15, 0.2) is 60.7 Å². The minimum absolute atomic E-state index is 0. The highest BCUT2D eigenvalue weighted by molar-refractivity contribution is 5.18. The van der Waals surface area contributed by atoms with Gasteiger partial charge in [0.1, 0.15) is 0 Å². The zero-order chi connectivity index (χ0) is 19.8. The molecule has 0 aliphatic heterocycles. The summed E-state index contributed by atoms with van der Waals surface area (Å²) in [6, 6.07) is 21.3. The molecule has 0 aliphatic rings. The van der Waals surface area contributed by atoms with Gasteiger partial charge in [0.05, 0.1) is 0 Å². The van der Waals surface area contributed by atoms with Gasteiger partial charge in [0.2, 0.25) is 0 Å². The Hall–Kier alpha value is -1.56. The van der Waals surface area contributed by atoms with Crippen LogP contribution >= 0.6 is 0 Å². The lowest BCUT2D eigenvalue weighted by atomic mass is 9.99. The van der Waals surface area contributed by atoms with Gasteiger partial charge in [-0.25, -0.2) is 0 Å². The third kappa shape index (κ3) is 14.5. The first-order valence-corrected chi connectivity index (χ1v) is 10.6. The summed E-state index contributed by atoms with van der Waals surface area (Å²) >= 11 is 0. The van der Waals surface area contributed by atoms with Gasteiger partial charge in [-0.3, -0.25) is 0 Å². The van der Waals surface area contributed by atoms with Crippen molar-refractivity contribution in [2.45, 2.75) is 101 Å². The fraction of sp³-hybridized carbons (Fsp3) is 0.571. The van der Waals surface area contributed by atoms with Crippen molar-refractivity contribution in [3.8, 4) is 0 Å². The first-order chi connectivity index (χ1) is 12.5. The van der Waals surface area contributed by atoms with Crippen LogP contribution in [0.4, 0.5) is 0 Å². The van der Waals surface area contributed by atoms with Gasteiger partial charge in [-0.05, 0) is 41.7 Å². The Kier molecular flexibility index (Phi) is 22.4. The summed E-state index contributed by atoms with van der Waals surface area (Å²) in [6.07, 6.45) is 5.11. The van der Waals surface area contributed by atoms with Crippen molar-refractivity contribution in [3.63, 3.8) is 0 Å². The van der Waals surface area contributed by atoms with Crippen molar-refractivity contribution in [3.05, 3.63) is 71.8 Å². The quantitative estimate of drug-likeness (QED) is 0.463. The van der Waals surface area contributed by atoms with E-state index >= 15 is 0 Å². The molecular formula is C28H50. The van der Waals surface area contributed by atoms with Crippen LogP contribution in [0.3, 0.4) is 0 Å². The Bertz CT molecular complexity index is 465.